The van der Waals surface area contributed by atoms with Gasteiger partial charge in [-0.05, 0) is 30.3 Å². The van der Waals surface area contributed by atoms with Crippen LogP contribution >= 0.6 is 0 Å². The molecule has 0 spiro atoms. The summed E-state index contributed by atoms with van der Waals surface area (Å²) in [6, 6.07) is 8.80. The van der Waals surface area contributed by atoms with Crippen molar-refractivity contribution in [1.82, 2.24) is 9.88 Å². The molecule has 0 aliphatic rings. The minimum absolute atomic E-state index is 0.162. The molecule has 118 valence electrons. The molecule has 0 radical (unpaired) electrons. The van der Waals surface area contributed by atoms with Crippen LogP contribution in [0.4, 0.5) is 0 Å². The fourth-order valence-corrected chi connectivity index (χ4v) is 2.45. The molecule has 6 heteroatoms. The maximum atomic E-state index is 12.5. The largest absolute Gasteiger partial charge is 0.497 e. The van der Waals surface area contributed by atoms with Crippen molar-refractivity contribution in [3.8, 4) is 5.75 Å². The average molecular weight is 312 g/mol. The Hall–Kier alpha value is -3.02. The third kappa shape index (κ3) is 2.83. The number of amides is 1. The Balaban J connectivity index is 1.98. The van der Waals surface area contributed by atoms with Gasteiger partial charge in [0, 0.05) is 18.5 Å². The van der Waals surface area contributed by atoms with Gasteiger partial charge < -0.3 is 14.5 Å². The molecule has 0 fully saturated rings. The van der Waals surface area contributed by atoms with E-state index in [2.05, 4.69) is 5.32 Å². The van der Waals surface area contributed by atoms with E-state index in [-0.39, 0.29) is 18.4 Å². The summed E-state index contributed by atoms with van der Waals surface area (Å²) in [7, 11) is 1.56. The Morgan fingerprint density at radius 1 is 1.30 bits per heavy atom. The Bertz CT molecular complexity index is 862. The van der Waals surface area contributed by atoms with Gasteiger partial charge in [0.15, 0.2) is 0 Å². The standard InChI is InChI=1S/C17H16N2O4/c1-11(20)19-10-15(14-8-12(22-2)5-6-16(14)19)17(21)18-9-13-4-3-7-23-13/h3-8,10H,9H2,1-2H3,(H,18,21). The van der Waals surface area contributed by atoms with Crippen LogP contribution in [0.2, 0.25) is 0 Å². The lowest BCUT2D eigenvalue weighted by molar-refractivity contribution is 0.0941. The minimum atomic E-state index is -0.278. The number of furan rings is 1. The van der Waals surface area contributed by atoms with Gasteiger partial charge in [-0.15, -0.1) is 0 Å². The molecule has 3 rings (SSSR count). The molecular weight excluding hydrogens is 296 g/mol. The van der Waals surface area contributed by atoms with E-state index in [0.717, 1.165) is 0 Å². The van der Waals surface area contributed by atoms with E-state index in [1.807, 2.05) is 0 Å². The number of benzene rings is 1. The van der Waals surface area contributed by atoms with Crippen LogP contribution in [0.25, 0.3) is 10.9 Å². The quantitative estimate of drug-likeness (QED) is 0.804. The third-order valence-corrected chi connectivity index (χ3v) is 3.60. The molecule has 0 unspecified atom stereocenters. The van der Waals surface area contributed by atoms with E-state index >= 15 is 0 Å². The Morgan fingerprint density at radius 3 is 2.78 bits per heavy atom. The third-order valence-electron chi connectivity index (χ3n) is 3.60. The van der Waals surface area contributed by atoms with Gasteiger partial charge >= 0.3 is 0 Å². The maximum absolute atomic E-state index is 12.5. The average Bonchev–Trinajstić information content (AvgIpc) is 3.19. The summed E-state index contributed by atoms with van der Waals surface area (Å²) in [5.41, 5.74) is 1.09. The van der Waals surface area contributed by atoms with Gasteiger partial charge in [0.25, 0.3) is 5.91 Å². The first kappa shape index (κ1) is 14.9. The SMILES string of the molecule is COc1ccc2c(c1)c(C(=O)NCc1ccco1)cn2C(C)=O. The van der Waals surface area contributed by atoms with Gasteiger partial charge in [-0.25, -0.2) is 0 Å². The van der Waals surface area contributed by atoms with Crippen LogP contribution < -0.4 is 10.1 Å². The first-order chi connectivity index (χ1) is 11.1. The van der Waals surface area contributed by atoms with Crippen LogP contribution in [-0.4, -0.2) is 23.5 Å². The number of rotatable bonds is 4. The Morgan fingerprint density at radius 2 is 2.13 bits per heavy atom. The molecule has 1 aromatic carbocycles. The van der Waals surface area contributed by atoms with E-state index in [4.69, 9.17) is 9.15 Å². The predicted octanol–water partition coefficient (Wildman–Crippen LogP) is 2.83. The van der Waals surface area contributed by atoms with Crippen molar-refractivity contribution in [1.29, 1.82) is 0 Å². The van der Waals surface area contributed by atoms with Crippen LogP contribution in [0.15, 0.2) is 47.2 Å². The van der Waals surface area contributed by atoms with Gasteiger partial charge in [0.2, 0.25) is 5.91 Å². The van der Waals surface area contributed by atoms with Crippen LogP contribution in [0.1, 0.15) is 27.8 Å². The summed E-state index contributed by atoms with van der Waals surface area (Å²) in [6.07, 6.45) is 3.10. The molecular formula is C17H16N2O4. The van der Waals surface area contributed by atoms with Crippen LogP contribution in [0, 0.1) is 0 Å². The molecule has 1 N–H and O–H groups in total. The summed E-state index contributed by atoms with van der Waals surface area (Å²) in [5.74, 6) is 0.843. The number of aromatic nitrogens is 1. The summed E-state index contributed by atoms with van der Waals surface area (Å²) in [6.45, 7) is 1.73. The first-order valence-electron chi connectivity index (χ1n) is 7.11. The lowest BCUT2D eigenvalue weighted by atomic mass is 10.1. The molecule has 0 saturated heterocycles. The highest BCUT2D eigenvalue weighted by Gasteiger charge is 2.17. The van der Waals surface area contributed by atoms with E-state index in [9.17, 15) is 9.59 Å². The van der Waals surface area contributed by atoms with Gasteiger partial charge in [-0.3, -0.25) is 14.2 Å². The number of methoxy groups -OCH3 is 1. The number of nitrogens with zero attached hydrogens (tertiary/aromatic N) is 1. The van der Waals surface area contributed by atoms with Crippen LogP contribution in [0.3, 0.4) is 0 Å². The molecule has 0 aliphatic heterocycles. The van der Waals surface area contributed by atoms with Crippen LogP contribution in [0.5, 0.6) is 5.75 Å². The van der Waals surface area contributed by atoms with E-state index in [1.54, 1.807) is 49.9 Å². The molecule has 6 nitrogen and oxygen atoms in total. The number of carbonyl (C=O) groups excluding carboxylic acids is 2. The van der Waals surface area contributed by atoms with Gasteiger partial charge in [-0.1, -0.05) is 0 Å². The fourth-order valence-electron chi connectivity index (χ4n) is 2.45. The van der Waals surface area contributed by atoms with Gasteiger partial charge in [0.05, 0.1) is 31.0 Å². The van der Waals surface area contributed by atoms with Gasteiger partial charge in [0.1, 0.15) is 11.5 Å². The number of ether oxygens (including phenoxy) is 1. The van der Waals surface area contributed by atoms with Crippen LogP contribution in [-0.2, 0) is 6.54 Å². The van der Waals surface area contributed by atoms with Crippen molar-refractivity contribution in [3.05, 3.63) is 54.1 Å². The molecule has 0 aliphatic carbocycles. The zero-order chi connectivity index (χ0) is 16.4. The molecule has 0 saturated carbocycles. The van der Waals surface area contributed by atoms with Crippen molar-refractivity contribution < 1.29 is 18.7 Å². The van der Waals surface area contributed by atoms with Crippen molar-refractivity contribution in [2.24, 2.45) is 0 Å². The molecule has 0 atom stereocenters. The summed E-state index contributed by atoms with van der Waals surface area (Å²) in [5, 5.41) is 3.45. The lowest BCUT2D eigenvalue weighted by Gasteiger charge is -2.03. The van der Waals surface area contributed by atoms with Crippen molar-refractivity contribution in [2.75, 3.05) is 7.11 Å². The predicted molar refractivity (Wildman–Crippen MR) is 84.7 cm³/mol. The second-order valence-corrected chi connectivity index (χ2v) is 5.08. The first-order valence-corrected chi connectivity index (χ1v) is 7.11. The zero-order valence-electron chi connectivity index (χ0n) is 12.8. The maximum Gasteiger partial charge on any atom is 0.253 e. The van der Waals surface area contributed by atoms with Crippen molar-refractivity contribution >= 4 is 22.7 Å². The molecule has 3 aromatic rings. The summed E-state index contributed by atoms with van der Waals surface area (Å²) < 4.78 is 11.9. The molecule has 0 bridgehead atoms. The number of carbonyl (C=O) groups is 2. The molecule has 23 heavy (non-hydrogen) atoms. The highest BCUT2D eigenvalue weighted by Crippen LogP contribution is 2.26. The number of hydrogen-bond acceptors (Lipinski definition) is 4. The van der Waals surface area contributed by atoms with Crippen molar-refractivity contribution in [2.45, 2.75) is 13.5 Å². The number of hydrogen-bond donors (Lipinski definition) is 1. The monoisotopic (exact) mass is 312 g/mol. The number of fused-ring (bicyclic) bond motifs is 1. The van der Waals surface area contributed by atoms with E-state index < -0.39 is 0 Å². The topological polar surface area (TPSA) is 73.5 Å². The van der Waals surface area contributed by atoms with Crippen molar-refractivity contribution in [3.63, 3.8) is 0 Å². The normalized spacial score (nSPS) is 10.7. The van der Waals surface area contributed by atoms with E-state index in [0.29, 0.717) is 28.0 Å². The molecule has 1 amide bonds. The van der Waals surface area contributed by atoms with E-state index in [1.165, 1.54) is 11.5 Å². The Kier molecular flexibility index (Phi) is 3.89. The highest BCUT2D eigenvalue weighted by molar-refractivity contribution is 6.09. The summed E-state index contributed by atoms with van der Waals surface area (Å²) in [4.78, 5) is 24.3. The molecule has 2 heterocycles. The minimum Gasteiger partial charge on any atom is -0.497 e. The second-order valence-electron chi connectivity index (χ2n) is 5.08. The summed E-state index contributed by atoms with van der Waals surface area (Å²) >= 11 is 0. The fraction of sp³-hybridized carbons (Fsp3) is 0.176. The molecule has 2 aromatic heterocycles. The smallest absolute Gasteiger partial charge is 0.253 e. The second kappa shape index (κ2) is 6.00. The lowest BCUT2D eigenvalue weighted by Crippen LogP contribution is -2.22. The zero-order valence-corrected chi connectivity index (χ0v) is 12.8. The highest BCUT2D eigenvalue weighted by atomic mass is 16.5. The Labute approximate surface area is 132 Å². The number of nitrogens with one attached hydrogen (secondary N) is 1. The van der Waals surface area contributed by atoms with Gasteiger partial charge in [-0.2, -0.15) is 0 Å².